The standard InChI is InChI=1S/C46H32N4/c1-3-13-38(14-4-1)49(39-15-5-2-6-16-39)40-30-36(31-41(32-40)50-45-20-9-7-17-42(45)43-18-8-10-21-46(43)50)35-27-34(33-22-25-47-26-23-33)28-37(29-35)44-19-11-12-24-48-44/h1-32H. The molecule has 0 aliphatic rings. The molecule has 9 rings (SSSR count). The molecule has 0 saturated carbocycles. The lowest BCUT2D eigenvalue weighted by Crippen LogP contribution is -2.10. The Labute approximate surface area is 291 Å². The first-order valence-corrected chi connectivity index (χ1v) is 16.8. The Bertz CT molecular complexity index is 2430. The Balaban J connectivity index is 1.35. The van der Waals surface area contributed by atoms with Gasteiger partial charge in [0.2, 0.25) is 0 Å². The molecule has 0 bridgehead atoms. The maximum atomic E-state index is 4.75. The average molecular weight is 641 g/mol. The molecule has 0 spiro atoms. The van der Waals surface area contributed by atoms with E-state index < -0.39 is 0 Å². The van der Waals surface area contributed by atoms with Gasteiger partial charge in [0.1, 0.15) is 0 Å². The third kappa shape index (κ3) is 5.39. The predicted octanol–water partition coefficient (Wildman–Crippen LogP) is 12.0. The van der Waals surface area contributed by atoms with E-state index in [9.17, 15) is 0 Å². The lowest BCUT2D eigenvalue weighted by molar-refractivity contribution is 1.17. The highest BCUT2D eigenvalue weighted by Crippen LogP contribution is 2.41. The Hall–Kier alpha value is -6.78. The Kier molecular flexibility index (Phi) is 7.45. The van der Waals surface area contributed by atoms with Crippen molar-refractivity contribution in [3.8, 4) is 39.2 Å². The molecule has 0 N–H and O–H groups in total. The zero-order chi connectivity index (χ0) is 33.3. The summed E-state index contributed by atoms with van der Waals surface area (Å²) in [5, 5.41) is 2.46. The van der Waals surface area contributed by atoms with Gasteiger partial charge in [0.15, 0.2) is 0 Å². The quantitative estimate of drug-likeness (QED) is 0.174. The van der Waals surface area contributed by atoms with Gasteiger partial charge in [0, 0.05) is 57.7 Å². The molecule has 236 valence electrons. The molecule has 0 fully saturated rings. The highest BCUT2D eigenvalue weighted by molar-refractivity contribution is 6.09. The first-order valence-electron chi connectivity index (χ1n) is 16.8. The van der Waals surface area contributed by atoms with E-state index in [1.807, 2.05) is 30.7 Å². The van der Waals surface area contributed by atoms with Gasteiger partial charge in [-0.05, 0) is 119 Å². The largest absolute Gasteiger partial charge is 0.310 e. The van der Waals surface area contributed by atoms with Crippen LogP contribution in [0.4, 0.5) is 17.1 Å². The van der Waals surface area contributed by atoms with Crippen molar-refractivity contribution >= 4 is 38.9 Å². The van der Waals surface area contributed by atoms with Gasteiger partial charge in [0.05, 0.1) is 16.7 Å². The molecule has 0 saturated heterocycles. The summed E-state index contributed by atoms with van der Waals surface area (Å²) in [6.45, 7) is 0. The van der Waals surface area contributed by atoms with Crippen LogP contribution in [0.15, 0.2) is 195 Å². The van der Waals surface area contributed by atoms with E-state index in [1.54, 1.807) is 0 Å². The van der Waals surface area contributed by atoms with Gasteiger partial charge in [-0.1, -0.05) is 78.9 Å². The van der Waals surface area contributed by atoms with E-state index in [4.69, 9.17) is 4.98 Å². The first-order chi connectivity index (χ1) is 24.8. The smallest absolute Gasteiger partial charge is 0.0702 e. The highest BCUT2D eigenvalue weighted by atomic mass is 15.1. The number of nitrogens with zero attached hydrogens (tertiary/aromatic N) is 4. The molecule has 0 atom stereocenters. The summed E-state index contributed by atoms with van der Waals surface area (Å²) < 4.78 is 2.40. The van der Waals surface area contributed by atoms with E-state index in [0.29, 0.717) is 0 Å². The monoisotopic (exact) mass is 640 g/mol. The number of rotatable bonds is 7. The van der Waals surface area contributed by atoms with Crippen molar-refractivity contribution in [2.75, 3.05) is 4.90 Å². The molecule has 0 amide bonds. The zero-order valence-electron chi connectivity index (χ0n) is 27.3. The maximum absolute atomic E-state index is 4.75. The minimum Gasteiger partial charge on any atom is -0.310 e. The normalized spacial score (nSPS) is 11.2. The number of hydrogen-bond donors (Lipinski definition) is 0. The van der Waals surface area contributed by atoms with Crippen LogP contribution < -0.4 is 4.90 Å². The minimum absolute atomic E-state index is 0.929. The van der Waals surface area contributed by atoms with E-state index >= 15 is 0 Å². The average Bonchev–Trinajstić information content (AvgIpc) is 3.54. The van der Waals surface area contributed by atoms with Crippen molar-refractivity contribution in [2.24, 2.45) is 0 Å². The van der Waals surface area contributed by atoms with Crippen LogP contribution in [-0.2, 0) is 0 Å². The molecule has 6 aromatic carbocycles. The zero-order valence-corrected chi connectivity index (χ0v) is 27.3. The third-order valence-corrected chi connectivity index (χ3v) is 9.27. The lowest BCUT2D eigenvalue weighted by atomic mass is 9.94. The molecule has 50 heavy (non-hydrogen) atoms. The van der Waals surface area contributed by atoms with E-state index in [2.05, 4.69) is 178 Å². The number of para-hydroxylation sites is 4. The van der Waals surface area contributed by atoms with Gasteiger partial charge in [-0.25, -0.2) is 0 Å². The fourth-order valence-electron chi connectivity index (χ4n) is 7.01. The second kappa shape index (κ2) is 12.7. The Morgan fingerprint density at radius 2 is 0.920 bits per heavy atom. The van der Waals surface area contributed by atoms with E-state index in [0.717, 1.165) is 56.3 Å². The van der Waals surface area contributed by atoms with Crippen LogP contribution in [0.1, 0.15) is 0 Å². The van der Waals surface area contributed by atoms with E-state index in [1.165, 1.54) is 21.8 Å². The maximum Gasteiger partial charge on any atom is 0.0702 e. The molecule has 3 aromatic heterocycles. The van der Waals surface area contributed by atoms with Crippen LogP contribution in [0.2, 0.25) is 0 Å². The fraction of sp³-hybridized carbons (Fsp3) is 0. The minimum atomic E-state index is 0.929. The van der Waals surface area contributed by atoms with Crippen molar-refractivity contribution in [1.29, 1.82) is 0 Å². The SMILES string of the molecule is c1ccc(N(c2ccccc2)c2cc(-c3cc(-c4ccncc4)cc(-c4ccccn4)c3)cc(-n3c4ccccc4c4ccccc43)c2)cc1. The first kappa shape index (κ1) is 29.4. The summed E-state index contributed by atoms with van der Waals surface area (Å²) in [5.74, 6) is 0. The summed E-state index contributed by atoms with van der Waals surface area (Å²) in [5.41, 5.74) is 13.1. The van der Waals surface area contributed by atoms with Crippen LogP contribution in [0.3, 0.4) is 0 Å². The van der Waals surface area contributed by atoms with Crippen molar-refractivity contribution in [1.82, 2.24) is 14.5 Å². The van der Waals surface area contributed by atoms with Crippen molar-refractivity contribution < 1.29 is 0 Å². The van der Waals surface area contributed by atoms with Gasteiger partial charge < -0.3 is 9.47 Å². The predicted molar refractivity (Wildman–Crippen MR) is 207 cm³/mol. The topological polar surface area (TPSA) is 34.0 Å². The summed E-state index contributed by atoms with van der Waals surface area (Å²) in [7, 11) is 0. The molecule has 0 radical (unpaired) electrons. The van der Waals surface area contributed by atoms with Crippen LogP contribution in [-0.4, -0.2) is 14.5 Å². The second-order valence-corrected chi connectivity index (χ2v) is 12.4. The van der Waals surface area contributed by atoms with Crippen molar-refractivity contribution in [3.05, 3.63) is 195 Å². The molecular formula is C46H32N4. The van der Waals surface area contributed by atoms with Crippen LogP contribution in [0, 0.1) is 0 Å². The van der Waals surface area contributed by atoms with Gasteiger partial charge in [-0.3, -0.25) is 9.97 Å². The Morgan fingerprint density at radius 1 is 0.380 bits per heavy atom. The lowest BCUT2D eigenvalue weighted by Gasteiger charge is -2.27. The fourth-order valence-corrected chi connectivity index (χ4v) is 7.01. The second-order valence-electron chi connectivity index (χ2n) is 12.4. The van der Waals surface area contributed by atoms with Crippen LogP contribution >= 0.6 is 0 Å². The van der Waals surface area contributed by atoms with Crippen molar-refractivity contribution in [2.45, 2.75) is 0 Å². The summed E-state index contributed by atoms with van der Waals surface area (Å²) in [6.07, 6.45) is 5.55. The number of anilines is 3. The summed E-state index contributed by atoms with van der Waals surface area (Å²) in [6, 6.07) is 62.5. The van der Waals surface area contributed by atoms with Gasteiger partial charge in [-0.2, -0.15) is 0 Å². The summed E-state index contributed by atoms with van der Waals surface area (Å²) >= 11 is 0. The molecule has 4 nitrogen and oxygen atoms in total. The number of pyridine rings is 2. The number of fused-ring (bicyclic) bond motifs is 3. The molecule has 0 aliphatic carbocycles. The number of benzene rings is 6. The van der Waals surface area contributed by atoms with Crippen molar-refractivity contribution in [3.63, 3.8) is 0 Å². The van der Waals surface area contributed by atoms with Crippen LogP contribution in [0.5, 0.6) is 0 Å². The van der Waals surface area contributed by atoms with Crippen LogP contribution in [0.25, 0.3) is 61.0 Å². The molecule has 3 heterocycles. The third-order valence-electron chi connectivity index (χ3n) is 9.27. The summed E-state index contributed by atoms with van der Waals surface area (Å²) in [4.78, 5) is 11.4. The van der Waals surface area contributed by atoms with Gasteiger partial charge >= 0.3 is 0 Å². The molecular weight excluding hydrogens is 609 g/mol. The number of aromatic nitrogens is 3. The molecule has 0 aliphatic heterocycles. The molecule has 9 aromatic rings. The Morgan fingerprint density at radius 3 is 1.54 bits per heavy atom. The molecule has 4 heteroatoms. The molecule has 0 unspecified atom stereocenters. The van der Waals surface area contributed by atoms with Gasteiger partial charge in [0.25, 0.3) is 0 Å². The van der Waals surface area contributed by atoms with E-state index in [-0.39, 0.29) is 0 Å². The number of hydrogen-bond acceptors (Lipinski definition) is 3. The highest BCUT2D eigenvalue weighted by Gasteiger charge is 2.19. The van der Waals surface area contributed by atoms with Gasteiger partial charge in [-0.15, -0.1) is 0 Å².